The average Bonchev–Trinajstić information content (AvgIpc) is 3.10. The van der Waals surface area contributed by atoms with Gasteiger partial charge in [0, 0.05) is 0 Å². The molecule has 150 valence electrons. The highest BCUT2D eigenvalue weighted by molar-refractivity contribution is 8.00. The maximum Gasteiger partial charge on any atom is 0.240 e. The predicted molar refractivity (Wildman–Crippen MR) is 109 cm³/mol. The van der Waals surface area contributed by atoms with Crippen molar-refractivity contribution in [2.45, 2.75) is 30.3 Å². The van der Waals surface area contributed by atoms with E-state index in [0.29, 0.717) is 17.6 Å². The Kier molecular flexibility index (Phi) is 5.39. The minimum absolute atomic E-state index is 0.145. The summed E-state index contributed by atoms with van der Waals surface area (Å²) in [6, 6.07) is 13.3. The molecule has 0 bridgehead atoms. The molecule has 0 saturated heterocycles. The second kappa shape index (κ2) is 8.12. The van der Waals surface area contributed by atoms with Gasteiger partial charge in [-0.1, -0.05) is 36.0 Å². The monoisotopic (exact) mass is 413 g/mol. The molecule has 2 aromatic carbocycles. The van der Waals surface area contributed by atoms with Crippen LogP contribution in [0, 0.1) is 12.7 Å². The SMILES string of the molecule is CCOc1ccc([C@@H]2Nn3c(C)nnc3S[C@@H]2C(=O)Nc2ccccc2F)cc1. The van der Waals surface area contributed by atoms with Gasteiger partial charge in [0.15, 0.2) is 0 Å². The minimum Gasteiger partial charge on any atom is -0.494 e. The first-order chi connectivity index (χ1) is 14.1. The number of thioether (sulfide) groups is 1. The number of carbonyl (C=O) groups excluding carboxylic acids is 1. The Hall–Kier alpha value is -3.07. The van der Waals surface area contributed by atoms with Crippen molar-refractivity contribution in [3.8, 4) is 5.75 Å². The van der Waals surface area contributed by atoms with Crippen molar-refractivity contribution < 1.29 is 13.9 Å². The molecule has 0 radical (unpaired) electrons. The number of aryl methyl sites for hydroxylation is 1. The van der Waals surface area contributed by atoms with Crippen LogP contribution in [0.2, 0.25) is 0 Å². The summed E-state index contributed by atoms with van der Waals surface area (Å²) < 4.78 is 21.3. The molecule has 1 aliphatic heterocycles. The molecule has 4 rings (SSSR count). The summed E-state index contributed by atoms with van der Waals surface area (Å²) in [5.41, 5.74) is 4.36. The summed E-state index contributed by atoms with van der Waals surface area (Å²) in [7, 11) is 0. The lowest BCUT2D eigenvalue weighted by Gasteiger charge is -2.32. The molecule has 9 heteroatoms. The maximum atomic E-state index is 14.0. The number of para-hydroxylation sites is 1. The molecule has 2 heterocycles. The molecular weight excluding hydrogens is 393 g/mol. The molecule has 1 amide bonds. The summed E-state index contributed by atoms with van der Waals surface area (Å²) in [6.45, 7) is 4.33. The molecule has 7 nitrogen and oxygen atoms in total. The lowest BCUT2D eigenvalue weighted by atomic mass is 10.0. The van der Waals surface area contributed by atoms with Gasteiger partial charge < -0.3 is 15.5 Å². The van der Waals surface area contributed by atoms with Gasteiger partial charge in [-0.15, -0.1) is 10.2 Å². The van der Waals surface area contributed by atoms with Crippen molar-refractivity contribution in [3.63, 3.8) is 0 Å². The van der Waals surface area contributed by atoms with E-state index in [1.54, 1.807) is 16.8 Å². The fraction of sp³-hybridized carbons (Fsp3) is 0.250. The van der Waals surface area contributed by atoms with Crippen molar-refractivity contribution in [1.82, 2.24) is 14.9 Å². The molecule has 0 saturated carbocycles. The Morgan fingerprint density at radius 3 is 2.72 bits per heavy atom. The van der Waals surface area contributed by atoms with Crippen molar-refractivity contribution in [3.05, 3.63) is 65.7 Å². The molecule has 3 aromatic rings. The number of fused-ring (bicyclic) bond motifs is 1. The zero-order valence-electron chi connectivity index (χ0n) is 15.9. The number of nitrogens with one attached hydrogen (secondary N) is 2. The van der Waals surface area contributed by atoms with Crippen LogP contribution < -0.4 is 15.5 Å². The van der Waals surface area contributed by atoms with Gasteiger partial charge in [-0.2, -0.15) is 0 Å². The molecule has 0 aliphatic carbocycles. The van der Waals surface area contributed by atoms with Gasteiger partial charge in [-0.05, 0) is 43.7 Å². The Morgan fingerprint density at radius 2 is 2.00 bits per heavy atom. The van der Waals surface area contributed by atoms with Crippen LogP contribution in [0.4, 0.5) is 10.1 Å². The maximum absolute atomic E-state index is 14.0. The quantitative estimate of drug-likeness (QED) is 0.666. The number of rotatable bonds is 5. The second-order valence-electron chi connectivity index (χ2n) is 6.48. The summed E-state index contributed by atoms with van der Waals surface area (Å²) in [5, 5.41) is 10.9. The van der Waals surface area contributed by atoms with Crippen LogP contribution in [-0.2, 0) is 4.79 Å². The highest BCUT2D eigenvalue weighted by Gasteiger charge is 2.37. The summed E-state index contributed by atoms with van der Waals surface area (Å²) in [4.78, 5) is 13.1. The van der Waals surface area contributed by atoms with Crippen molar-refractivity contribution >= 4 is 23.4 Å². The number of benzene rings is 2. The van der Waals surface area contributed by atoms with Gasteiger partial charge in [0.1, 0.15) is 22.6 Å². The third-order valence-electron chi connectivity index (χ3n) is 4.54. The van der Waals surface area contributed by atoms with E-state index in [2.05, 4.69) is 20.9 Å². The minimum atomic E-state index is -0.580. The van der Waals surface area contributed by atoms with E-state index in [9.17, 15) is 9.18 Å². The van der Waals surface area contributed by atoms with Gasteiger partial charge >= 0.3 is 0 Å². The first-order valence-electron chi connectivity index (χ1n) is 9.20. The lowest BCUT2D eigenvalue weighted by molar-refractivity contribution is -0.116. The summed E-state index contributed by atoms with van der Waals surface area (Å²) in [5.74, 6) is 0.647. The van der Waals surface area contributed by atoms with Gasteiger partial charge in [-0.25, -0.2) is 9.07 Å². The van der Waals surface area contributed by atoms with E-state index in [1.165, 1.54) is 23.9 Å². The Bertz CT molecular complexity index is 1020. The first kappa shape index (κ1) is 19.3. The van der Waals surface area contributed by atoms with Crippen LogP contribution in [0.1, 0.15) is 24.4 Å². The van der Waals surface area contributed by atoms with E-state index in [-0.39, 0.29) is 17.6 Å². The number of amides is 1. The topological polar surface area (TPSA) is 81.1 Å². The van der Waals surface area contributed by atoms with Crippen LogP contribution in [0.5, 0.6) is 5.75 Å². The highest BCUT2D eigenvalue weighted by Crippen LogP contribution is 2.38. The Balaban J connectivity index is 1.65. The van der Waals surface area contributed by atoms with Crippen LogP contribution in [0.15, 0.2) is 53.7 Å². The van der Waals surface area contributed by atoms with E-state index in [4.69, 9.17) is 4.74 Å². The zero-order chi connectivity index (χ0) is 20.4. The van der Waals surface area contributed by atoms with E-state index in [1.807, 2.05) is 38.1 Å². The number of aromatic nitrogens is 3. The normalized spacial score (nSPS) is 17.9. The fourth-order valence-electron chi connectivity index (χ4n) is 3.12. The summed E-state index contributed by atoms with van der Waals surface area (Å²) >= 11 is 1.29. The van der Waals surface area contributed by atoms with E-state index < -0.39 is 11.1 Å². The summed E-state index contributed by atoms with van der Waals surface area (Å²) in [6.07, 6.45) is 0. The van der Waals surface area contributed by atoms with Crippen LogP contribution in [0.25, 0.3) is 0 Å². The van der Waals surface area contributed by atoms with Crippen LogP contribution in [-0.4, -0.2) is 32.6 Å². The second-order valence-corrected chi connectivity index (χ2v) is 7.59. The number of ether oxygens (including phenoxy) is 1. The first-order valence-corrected chi connectivity index (χ1v) is 10.1. The number of halogens is 1. The predicted octanol–water partition coefficient (Wildman–Crippen LogP) is 3.52. The Labute approximate surface area is 171 Å². The molecule has 0 unspecified atom stereocenters. The number of anilines is 1. The largest absolute Gasteiger partial charge is 0.494 e. The third-order valence-corrected chi connectivity index (χ3v) is 5.75. The van der Waals surface area contributed by atoms with E-state index >= 15 is 0 Å². The van der Waals surface area contributed by atoms with Crippen LogP contribution in [0.3, 0.4) is 0 Å². The highest BCUT2D eigenvalue weighted by atomic mass is 32.2. The molecule has 0 spiro atoms. The number of carbonyl (C=O) groups is 1. The van der Waals surface area contributed by atoms with Crippen LogP contribution >= 0.6 is 11.8 Å². The molecule has 1 aliphatic rings. The van der Waals surface area contributed by atoms with Crippen molar-refractivity contribution in [1.29, 1.82) is 0 Å². The molecule has 1 aromatic heterocycles. The number of hydrogen-bond acceptors (Lipinski definition) is 6. The van der Waals surface area contributed by atoms with Gasteiger partial charge in [0.25, 0.3) is 0 Å². The Morgan fingerprint density at radius 1 is 1.24 bits per heavy atom. The third kappa shape index (κ3) is 3.91. The van der Waals surface area contributed by atoms with Gasteiger partial charge in [-0.3, -0.25) is 4.79 Å². The van der Waals surface area contributed by atoms with Crippen molar-refractivity contribution in [2.24, 2.45) is 0 Å². The zero-order valence-corrected chi connectivity index (χ0v) is 16.7. The number of nitrogens with zero attached hydrogens (tertiary/aromatic N) is 3. The lowest BCUT2D eigenvalue weighted by Crippen LogP contribution is -2.41. The van der Waals surface area contributed by atoms with Gasteiger partial charge in [0.05, 0.1) is 18.3 Å². The molecule has 29 heavy (non-hydrogen) atoms. The van der Waals surface area contributed by atoms with Crippen molar-refractivity contribution in [2.75, 3.05) is 17.3 Å². The fourth-order valence-corrected chi connectivity index (χ4v) is 4.24. The molecular formula is C20H20FN5O2S. The molecule has 0 fully saturated rings. The smallest absolute Gasteiger partial charge is 0.240 e. The van der Waals surface area contributed by atoms with E-state index in [0.717, 1.165) is 11.3 Å². The average molecular weight is 413 g/mol. The number of hydrogen-bond donors (Lipinski definition) is 2. The molecule has 2 N–H and O–H groups in total. The molecule has 2 atom stereocenters. The standard InChI is InChI=1S/C20H20FN5O2S/c1-3-28-14-10-8-13(9-11-14)17-18(29-20-24-23-12(2)26(20)25-17)19(27)22-16-7-5-4-6-15(16)21/h4-11,17-18,25H,3H2,1-2H3,(H,22,27)/t17-,18-/m0/s1. The van der Waals surface area contributed by atoms with Gasteiger partial charge in [0.2, 0.25) is 11.1 Å².